The first-order valence-corrected chi connectivity index (χ1v) is 8.00. The molecular formula is C14H22FNO2S. The average Bonchev–Trinajstić information content (AvgIpc) is 2.27. The normalized spacial score (nSPS) is 14.4. The van der Waals surface area contributed by atoms with E-state index in [1.54, 1.807) is 26.8 Å². The van der Waals surface area contributed by atoms with Crippen molar-refractivity contribution in [1.82, 2.24) is 5.32 Å². The molecule has 0 spiro atoms. The lowest BCUT2D eigenvalue weighted by Gasteiger charge is -2.20. The van der Waals surface area contributed by atoms with E-state index < -0.39 is 14.6 Å². The molecule has 19 heavy (non-hydrogen) atoms. The fourth-order valence-electron chi connectivity index (χ4n) is 1.61. The van der Waals surface area contributed by atoms with E-state index in [1.165, 1.54) is 12.1 Å². The summed E-state index contributed by atoms with van der Waals surface area (Å²) in [4.78, 5) is 0. The van der Waals surface area contributed by atoms with Gasteiger partial charge >= 0.3 is 0 Å². The van der Waals surface area contributed by atoms with Crippen LogP contribution in [0.4, 0.5) is 4.39 Å². The van der Waals surface area contributed by atoms with Crippen LogP contribution in [-0.2, 0) is 9.84 Å². The van der Waals surface area contributed by atoms with Crippen molar-refractivity contribution in [1.29, 1.82) is 0 Å². The van der Waals surface area contributed by atoms with Gasteiger partial charge in [-0.2, -0.15) is 0 Å². The Balaban J connectivity index is 2.55. The monoisotopic (exact) mass is 287 g/mol. The van der Waals surface area contributed by atoms with E-state index in [0.717, 1.165) is 5.56 Å². The Morgan fingerprint density at radius 3 is 2.47 bits per heavy atom. The molecule has 0 saturated carbocycles. The Bertz CT molecular complexity index is 520. The van der Waals surface area contributed by atoms with Gasteiger partial charge < -0.3 is 5.32 Å². The topological polar surface area (TPSA) is 46.2 Å². The smallest absolute Gasteiger partial charge is 0.156 e. The molecule has 0 saturated heterocycles. The Labute approximate surface area is 115 Å². The van der Waals surface area contributed by atoms with Crippen LogP contribution in [0, 0.1) is 5.82 Å². The highest BCUT2D eigenvalue weighted by molar-refractivity contribution is 7.92. The molecule has 0 fully saturated rings. The first kappa shape index (κ1) is 16.1. The highest BCUT2D eigenvalue weighted by Gasteiger charge is 2.28. The molecule has 108 valence electrons. The summed E-state index contributed by atoms with van der Waals surface area (Å²) in [5.74, 6) is -0.204. The molecule has 1 aromatic carbocycles. The number of halogens is 1. The molecule has 0 radical (unpaired) electrons. The van der Waals surface area contributed by atoms with Crippen molar-refractivity contribution in [2.45, 2.75) is 38.5 Å². The maximum Gasteiger partial charge on any atom is 0.156 e. The molecule has 1 rings (SSSR count). The summed E-state index contributed by atoms with van der Waals surface area (Å²) in [6.45, 7) is 7.32. The van der Waals surface area contributed by atoms with E-state index in [1.807, 2.05) is 13.0 Å². The second kappa shape index (κ2) is 6.01. The van der Waals surface area contributed by atoms with Crippen LogP contribution < -0.4 is 5.32 Å². The third-order valence-electron chi connectivity index (χ3n) is 3.10. The Kier molecular flexibility index (Phi) is 5.10. The first-order chi connectivity index (χ1) is 8.63. The van der Waals surface area contributed by atoms with Gasteiger partial charge in [-0.25, -0.2) is 12.8 Å². The van der Waals surface area contributed by atoms with Gasteiger partial charge in [-0.1, -0.05) is 12.1 Å². The number of sulfone groups is 1. The maximum atomic E-state index is 13.1. The molecule has 0 amide bonds. The summed E-state index contributed by atoms with van der Waals surface area (Å²) in [5.41, 5.74) is 0.813. The zero-order valence-electron chi connectivity index (χ0n) is 11.9. The van der Waals surface area contributed by atoms with Crippen molar-refractivity contribution >= 4 is 9.84 Å². The van der Waals surface area contributed by atoms with Crippen molar-refractivity contribution in [3.63, 3.8) is 0 Å². The lowest BCUT2D eigenvalue weighted by atomic mass is 10.1. The number of benzene rings is 1. The molecule has 0 aliphatic heterocycles. The van der Waals surface area contributed by atoms with E-state index in [9.17, 15) is 12.8 Å². The van der Waals surface area contributed by atoms with Crippen molar-refractivity contribution < 1.29 is 12.8 Å². The van der Waals surface area contributed by atoms with Crippen LogP contribution in [0.3, 0.4) is 0 Å². The zero-order chi connectivity index (χ0) is 14.7. The Hall–Kier alpha value is -0.940. The SMILES string of the molecule is C[C@H](NCCS(=O)(=O)C(C)(C)C)c1cccc(F)c1. The van der Waals surface area contributed by atoms with Gasteiger partial charge in [0.1, 0.15) is 5.82 Å². The van der Waals surface area contributed by atoms with E-state index in [2.05, 4.69) is 5.32 Å². The summed E-state index contributed by atoms with van der Waals surface area (Å²) in [6, 6.07) is 6.23. The molecule has 1 aromatic rings. The molecule has 1 atom stereocenters. The molecule has 1 N–H and O–H groups in total. The summed E-state index contributed by atoms with van der Waals surface area (Å²) in [7, 11) is -3.12. The molecule has 3 nitrogen and oxygen atoms in total. The number of nitrogens with one attached hydrogen (secondary N) is 1. The maximum absolute atomic E-state index is 13.1. The first-order valence-electron chi connectivity index (χ1n) is 6.34. The van der Waals surface area contributed by atoms with Gasteiger partial charge in [0.2, 0.25) is 0 Å². The molecule has 5 heteroatoms. The number of hydrogen-bond donors (Lipinski definition) is 1. The minimum atomic E-state index is -3.12. The number of hydrogen-bond acceptors (Lipinski definition) is 3. The van der Waals surface area contributed by atoms with Crippen molar-refractivity contribution in [2.24, 2.45) is 0 Å². The van der Waals surface area contributed by atoms with Gasteiger partial charge in [-0.05, 0) is 45.4 Å². The third kappa shape index (κ3) is 4.58. The number of rotatable bonds is 5. The highest BCUT2D eigenvalue weighted by atomic mass is 32.2. The molecule has 0 heterocycles. The zero-order valence-corrected chi connectivity index (χ0v) is 12.7. The van der Waals surface area contributed by atoms with Gasteiger partial charge in [0, 0.05) is 12.6 Å². The summed E-state index contributed by atoms with van der Waals surface area (Å²) < 4.78 is 36.2. The predicted octanol–water partition coefficient (Wildman–Crippen LogP) is 2.69. The molecule has 0 unspecified atom stereocenters. The highest BCUT2D eigenvalue weighted by Crippen LogP contribution is 2.16. The quantitative estimate of drug-likeness (QED) is 0.905. The van der Waals surface area contributed by atoms with Crippen LogP contribution in [0.5, 0.6) is 0 Å². The Morgan fingerprint density at radius 2 is 1.95 bits per heavy atom. The van der Waals surface area contributed by atoms with Crippen LogP contribution in [0.15, 0.2) is 24.3 Å². The largest absolute Gasteiger partial charge is 0.309 e. The van der Waals surface area contributed by atoms with Crippen LogP contribution in [0.25, 0.3) is 0 Å². The van der Waals surface area contributed by atoms with Gasteiger partial charge in [0.15, 0.2) is 9.84 Å². The van der Waals surface area contributed by atoms with Gasteiger partial charge in [0.25, 0.3) is 0 Å². The van der Waals surface area contributed by atoms with Crippen molar-refractivity contribution in [2.75, 3.05) is 12.3 Å². The molecule has 0 aliphatic rings. The summed E-state index contributed by atoms with van der Waals surface area (Å²) >= 11 is 0. The van der Waals surface area contributed by atoms with Gasteiger partial charge in [-0.3, -0.25) is 0 Å². The van der Waals surface area contributed by atoms with E-state index in [4.69, 9.17) is 0 Å². The standard InChI is InChI=1S/C14H22FNO2S/c1-11(12-6-5-7-13(15)10-12)16-8-9-19(17,18)14(2,3)4/h5-7,10-11,16H,8-9H2,1-4H3/t11-/m0/s1. The predicted molar refractivity (Wildman–Crippen MR) is 76.4 cm³/mol. The minimum absolute atomic E-state index is 0.0779. The van der Waals surface area contributed by atoms with E-state index >= 15 is 0 Å². The van der Waals surface area contributed by atoms with Crippen LogP contribution in [-0.4, -0.2) is 25.5 Å². The lowest BCUT2D eigenvalue weighted by Crippen LogP contribution is -2.35. The minimum Gasteiger partial charge on any atom is -0.309 e. The third-order valence-corrected chi connectivity index (χ3v) is 5.71. The second-order valence-electron chi connectivity index (χ2n) is 5.66. The molecule has 0 bridgehead atoms. The Morgan fingerprint density at radius 1 is 1.32 bits per heavy atom. The molecule has 0 aromatic heterocycles. The van der Waals surface area contributed by atoms with Gasteiger partial charge in [0.05, 0.1) is 10.5 Å². The lowest BCUT2D eigenvalue weighted by molar-refractivity contribution is 0.545. The van der Waals surface area contributed by atoms with Gasteiger partial charge in [-0.15, -0.1) is 0 Å². The summed E-state index contributed by atoms with van der Waals surface area (Å²) in [6.07, 6.45) is 0. The summed E-state index contributed by atoms with van der Waals surface area (Å²) in [5, 5.41) is 3.11. The fraction of sp³-hybridized carbons (Fsp3) is 0.571. The second-order valence-corrected chi connectivity index (χ2v) is 8.52. The van der Waals surface area contributed by atoms with E-state index in [0.29, 0.717) is 6.54 Å². The average molecular weight is 287 g/mol. The fourth-order valence-corrected chi connectivity index (χ4v) is 2.61. The van der Waals surface area contributed by atoms with Crippen LogP contribution in [0.1, 0.15) is 39.3 Å². The molecule has 0 aliphatic carbocycles. The van der Waals surface area contributed by atoms with Crippen molar-refractivity contribution in [3.05, 3.63) is 35.6 Å². The molecular weight excluding hydrogens is 265 g/mol. The van der Waals surface area contributed by atoms with Crippen molar-refractivity contribution in [3.8, 4) is 0 Å². The van der Waals surface area contributed by atoms with E-state index in [-0.39, 0.29) is 17.6 Å². The van der Waals surface area contributed by atoms with Crippen LogP contribution in [0.2, 0.25) is 0 Å². The van der Waals surface area contributed by atoms with Crippen LogP contribution >= 0.6 is 0 Å².